The minimum Gasteiger partial charge on any atom is -0.489 e. The lowest BCUT2D eigenvalue weighted by Crippen LogP contribution is -2.28. The molecule has 1 unspecified atom stereocenters. The largest absolute Gasteiger partial charge is 0.489 e. The van der Waals surface area contributed by atoms with E-state index in [4.69, 9.17) is 9.84 Å². The van der Waals surface area contributed by atoms with Crippen molar-refractivity contribution in [2.45, 2.75) is 18.5 Å². The summed E-state index contributed by atoms with van der Waals surface area (Å²) in [4.78, 5) is 8.53. The monoisotopic (exact) mass is 485 g/mol. The Bertz CT molecular complexity index is 1290. The van der Waals surface area contributed by atoms with Crippen molar-refractivity contribution in [3.63, 3.8) is 0 Å². The zero-order chi connectivity index (χ0) is 25.2. The fourth-order valence-electron chi connectivity index (χ4n) is 3.85. The summed E-state index contributed by atoms with van der Waals surface area (Å²) in [5.74, 6) is 0.105. The molecule has 182 valence electrons. The molecule has 0 saturated heterocycles. The lowest BCUT2D eigenvalue weighted by molar-refractivity contribution is -0.137. The maximum absolute atomic E-state index is 13.3. The number of hydrogen-bond acceptors (Lipinski definition) is 8. The summed E-state index contributed by atoms with van der Waals surface area (Å²) in [7, 11) is 0. The molecule has 4 rings (SSSR count). The van der Waals surface area contributed by atoms with Gasteiger partial charge < -0.3 is 25.6 Å². The van der Waals surface area contributed by atoms with Gasteiger partial charge in [0.05, 0.1) is 41.4 Å². The summed E-state index contributed by atoms with van der Waals surface area (Å²) in [6.07, 6.45) is -3.13. The van der Waals surface area contributed by atoms with Crippen LogP contribution in [0, 0.1) is 11.3 Å². The van der Waals surface area contributed by atoms with Crippen molar-refractivity contribution in [3.05, 3.63) is 59.3 Å². The Labute approximate surface area is 199 Å². The molecular formula is C24H22F3N5O3. The molecular weight excluding hydrogens is 463 g/mol. The summed E-state index contributed by atoms with van der Waals surface area (Å²) in [6.45, 7) is 1.81. The number of hydrogen-bond donors (Lipinski definition) is 4. The Hall–Kier alpha value is -3.88. The van der Waals surface area contributed by atoms with Gasteiger partial charge in [-0.15, -0.1) is 0 Å². The molecule has 2 heterocycles. The maximum atomic E-state index is 13.3. The normalized spacial score (nSPS) is 16.8. The number of alkyl halides is 3. The summed E-state index contributed by atoms with van der Waals surface area (Å²) in [6, 6.07) is 10.2. The molecule has 1 aromatic heterocycles. The molecule has 11 heteroatoms. The van der Waals surface area contributed by atoms with Crippen LogP contribution in [0.5, 0.6) is 5.75 Å². The first-order valence-corrected chi connectivity index (χ1v) is 10.7. The lowest BCUT2D eigenvalue weighted by Gasteiger charge is -2.21. The van der Waals surface area contributed by atoms with E-state index in [1.807, 2.05) is 13.0 Å². The number of ether oxygens (including phenoxy) is 1. The van der Waals surface area contributed by atoms with Crippen molar-refractivity contribution in [2.24, 2.45) is 0 Å². The van der Waals surface area contributed by atoms with Crippen LogP contribution in [0.2, 0.25) is 0 Å². The van der Waals surface area contributed by atoms with Crippen LogP contribution in [0.3, 0.4) is 0 Å². The average Bonchev–Trinajstić information content (AvgIpc) is 3.19. The molecule has 0 amide bonds. The molecule has 0 spiro atoms. The number of anilines is 3. The molecule has 35 heavy (non-hydrogen) atoms. The van der Waals surface area contributed by atoms with Crippen LogP contribution in [-0.2, 0) is 11.6 Å². The zero-order valence-electron chi connectivity index (χ0n) is 18.6. The Morgan fingerprint density at radius 3 is 2.71 bits per heavy atom. The molecule has 1 aliphatic rings. The summed E-state index contributed by atoms with van der Waals surface area (Å²) >= 11 is 0. The van der Waals surface area contributed by atoms with E-state index in [1.54, 1.807) is 12.1 Å². The van der Waals surface area contributed by atoms with E-state index in [-0.39, 0.29) is 37.2 Å². The predicted octanol–water partition coefficient (Wildman–Crippen LogP) is 3.82. The first kappa shape index (κ1) is 24.3. The minimum atomic E-state index is -4.57. The topological polar surface area (TPSA) is 123 Å². The first-order chi connectivity index (χ1) is 16.7. The molecule has 2 aromatic carbocycles. The third-order valence-corrected chi connectivity index (χ3v) is 5.77. The van der Waals surface area contributed by atoms with Gasteiger partial charge in [-0.3, -0.25) is 0 Å². The molecule has 0 aliphatic carbocycles. The predicted molar refractivity (Wildman–Crippen MR) is 122 cm³/mol. The van der Waals surface area contributed by atoms with E-state index in [1.165, 1.54) is 6.20 Å². The molecule has 8 nitrogen and oxygen atoms in total. The highest BCUT2D eigenvalue weighted by Gasteiger charge is 2.36. The Morgan fingerprint density at radius 1 is 1.23 bits per heavy atom. The van der Waals surface area contributed by atoms with Crippen LogP contribution in [0.15, 0.2) is 42.6 Å². The highest BCUT2D eigenvalue weighted by molar-refractivity contribution is 5.76. The number of nitrogens with one attached hydrogen (secondary N) is 2. The van der Waals surface area contributed by atoms with Gasteiger partial charge in [0.15, 0.2) is 0 Å². The quantitative estimate of drug-likeness (QED) is 0.398. The van der Waals surface area contributed by atoms with Crippen molar-refractivity contribution in [1.82, 2.24) is 9.97 Å². The number of benzene rings is 2. The number of nitrogens with zero attached hydrogens (tertiary/aromatic N) is 3. The Balaban J connectivity index is 1.72. The van der Waals surface area contributed by atoms with Gasteiger partial charge in [-0.25, -0.2) is 9.97 Å². The van der Waals surface area contributed by atoms with E-state index >= 15 is 0 Å². The number of nitriles is 1. The number of halogens is 3. The maximum Gasteiger partial charge on any atom is 0.416 e. The highest BCUT2D eigenvalue weighted by atomic mass is 19.4. The number of fused-ring (bicyclic) bond motifs is 1. The van der Waals surface area contributed by atoms with Crippen molar-refractivity contribution in [1.29, 1.82) is 5.26 Å². The molecule has 3 aromatic rings. The number of aliphatic hydroxyl groups is 2. The Kier molecular flexibility index (Phi) is 6.51. The molecule has 0 saturated carbocycles. The summed E-state index contributed by atoms with van der Waals surface area (Å²) < 4.78 is 45.1. The van der Waals surface area contributed by atoms with Crippen molar-refractivity contribution >= 4 is 17.3 Å². The molecule has 0 bridgehead atoms. The van der Waals surface area contributed by atoms with Crippen LogP contribution in [0.25, 0.3) is 11.3 Å². The van der Waals surface area contributed by atoms with Gasteiger partial charge in [0.2, 0.25) is 5.95 Å². The smallest absolute Gasteiger partial charge is 0.416 e. The van der Waals surface area contributed by atoms with E-state index in [0.29, 0.717) is 29.1 Å². The average molecular weight is 485 g/mol. The van der Waals surface area contributed by atoms with Gasteiger partial charge in [0, 0.05) is 23.7 Å². The number of aliphatic hydroxyl groups excluding tert-OH is 2. The second-order valence-electron chi connectivity index (χ2n) is 8.30. The van der Waals surface area contributed by atoms with Gasteiger partial charge in [-0.1, -0.05) is 6.92 Å². The third kappa shape index (κ3) is 4.84. The van der Waals surface area contributed by atoms with Gasteiger partial charge in [0.1, 0.15) is 18.4 Å². The summed E-state index contributed by atoms with van der Waals surface area (Å²) in [5.41, 5.74) is 1.36. The van der Waals surface area contributed by atoms with E-state index in [9.17, 15) is 23.5 Å². The van der Waals surface area contributed by atoms with Crippen LogP contribution in [0.4, 0.5) is 30.5 Å². The molecule has 0 fully saturated rings. The Morgan fingerprint density at radius 2 is 2.03 bits per heavy atom. The number of aromatic nitrogens is 2. The highest BCUT2D eigenvalue weighted by Crippen LogP contribution is 2.41. The van der Waals surface area contributed by atoms with E-state index in [0.717, 1.165) is 23.8 Å². The first-order valence-electron chi connectivity index (χ1n) is 10.7. The molecule has 4 N–H and O–H groups in total. The zero-order valence-corrected chi connectivity index (χ0v) is 18.6. The fraction of sp³-hybridized carbons (Fsp3) is 0.292. The van der Waals surface area contributed by atoms with Crippen LogP contribution in [0.1, 0.15) is 23.6 Å². The second-order valence-corrected chi connectivity index (χ2v) is 8.30. The number of rotatable bonds is 7. The van der Waals surface area contributed by atoms with Gasteiger partial charge in [0.25, 0.3) is 0 Å². The van der Waals surface area contributed by atoms with Gasteiger partial charge >= 0.3 is 6.18 Å². The second kappa shape index (κ2) is 9.40. The molecule has 1 atom stereocenters. The van der Waals surface area contributed by atoms with Gasteiger partial charge in [-0.05, 0) is 42.0 Å². The van der Waals surface area contributed by atoms with Crippen LogP contribution in [-0.4, -0.2) is 46.5 Å². The van der Waals surface area contributed by atoms with Crippen LogP contribution < -0.4 is 15.4 Å². The van der Waals surface area contributed by atoms with Gasteiger partial charge in [-0.2, -0.15) is 18.4 Å². The van der Waals surface area contributed by atoms with Crippen molar-refractivity contribution < 1.29 is 28.1 Å². The third-order valence-electron chi connectivity index (χ3n) is 5.77. The van der Waals surface area contributed by atoms with E-state index in [2.05, 4.69) is 26.7 Å². The van der Waals surface area contributed by atoms with E-state index < -0.39 is 17.2 Å². The summed E-state index contributed by atoms with van der Waals surface area (Å²) in [5, 5.41) is 34.5. The lowest BCUT2D eigenvalue weighted by atomic mass is 9.83. The fourth-order valence-corrected chi connectivity index (χ4v) is 3.85. The minimum absolute atomic E-state index is 0.0118. The standard InChI is InChI=1S/C24H22F3N5O3/c1-23(13-34)12-30-21-15(11-28)8-14(9-17(21)23)18-4-5-29-22(31-18)32-19-10-16(24(25,26)27)2-3-20(19)35-7-6-33/h2-5,8-10,30,33-34H,6-7,12-13H2,1H3,(H,29,31,32). The molecule has 0 radical (unpaired) electrons. The van der Waals surface area contributed by atoms with Crippen LogP contribution >= 0.6 is 0 Å². The van der Waals surface area contributed by atoms with Crippen molar-refractivity contribution in [2.75, 3.05) is 37.0 Å². The SMILES string of the molecule is CC1(CO)CNc2c(C#N)cc(-c3ccnc(Nc4cc(C(F)(F)F)ccc4OCCO)n3)cc21. The molecule has 1 aliphatic heterocycles. The van der Waals surface area contributed by atoms with Crippen molar-refractivity contribution in [3.8, 4) is 23.1 Å².